The Kier molecular flexibility index (Phi) is 3.36. The van der Waals surface area contributed by atoms with Gasteiger partial charge in [-0.25, -0.2) is 4.79 Å². The zero-order chi connectivity index (χ0) is 10.7. The number of carbonyl (C=O) groups is 1. The Hall–Kier alpha value is -1.22. The van der Waals surface area contributed by atoms with E-state index in [1.54, 1.807) is 31.0 Å². The van der Waals surface area contributed by atoms with Gasteiger partial charge in [0.25, 0.3) is 0 Å². The highest BCUT2D eigenvalue weighted by Crippen LogP contribution is 2.25. The van der Waals surface area contributed by atoms with E-state index in [1.807, 2.05) is 12.1 Å². The van der Waals surface area contributed by atoms with Crippen LogP contribution in [0, 0.1) is 0 Å². The van der Waals surface area contributed by atoms with Crippen molar-refractivity contribution in [2.45, 2.75) is 13.0 Å². The number of carboxylic acids is 1. The standard InChI is InChI=1S/C10H12ClNO2/c1-7(10(13)14)12(2)9-6-4-3-5-8(9)11/h3-7H,1-2H3,(H,13,14)/t7-/m0/s1. The van der Waals surface area contributed by atoms with Crippen molar-refractivity contribution in [2.24, 2.45) is 0 Å². The normalized spacial score (nSPS) is 12.2. The summed E-state index contributed by atoms with van der Waals surface area (Å²) in [5.74, 6) is -0.868. The number of likely N-dealkylation sites (N-methyl/N-ethyl adjacent to an activating group) is 1. The highest BCUT2D eigenvalue weighted by molar-refractivity contribution is 6.33. The minimum atomic E-state index is -0.868. The second-order valence-corrected chi connectivity index (χ2v) is 3.48. The van der Waals surface area contributed by atoms with Crippen LogP contribution in [0.4, 0.5) is 5.69 Å². The number of anilines is 1. The van der Waals surface area contributed by atoms with E-state index in [0.29, 0.717) is 5.02 Å². The van der Waals surface area contributed by atoms with Gasteiger partial charge in [-0.3, -0.25) is 0 Å². The lowest BCUT2D eigenvalue weighted by Gasteiger charge is -2.24. The third-order valence-corrected chi connectivity index (χ3v) is 2.49. The second kappa shape index (κ2) is 4.33. The molecule has 1 N–H and O–H groups in total. The first-order valence-corrected chi connectivity index (χ1v) is 4.62. The highest BCUT2D eigenvalue weighted by atomic mass is 35.5. The van der Waals surface area contributed by atoms with Crippen LogP contribution in [0.25, 0.3) is 0 Å². The van der Waals surface area contributed by atoms with Crippen LogP contribution < -0.4 is 4.90 Å². The van der Waals surface area contributed by atoms with E-state index < -0.39 is 12.0 Å². The summed E-state index contributed by atoms with van der Waals surface area (Å²) < 4.78 is 0. The number of hydrogen-bond donors (Lipinski definition) is 1. The largest absolute Gasteiger partial charge is 0.480 e. The van der Waals surface area contributed by atoms with Gasteiger partial charge in [0, 0.05) is 7.05 Å². The van der Waals surface area contributed by atoms with Crippen LogP contribution in [0.15, 0.2) is 24.3 Å². The van der Waals surface area contributed by atoms with Crippen LogP contribution in [-0.2, 0) is 4.79 Å². The van der Waals surface area contributed by atoms with Crippen LogP contribution in [-0.4, -0.2) is 24.2 Å². The molecular weight excluding hydrogens is 202 g/mol. The molecule has 0 aromatic heterocycles. The zero-order valence-corrected chi connectivity index (χ0v) is 8.82. The van der Waals surface area contributed by atoms with Crippen molar-refractivity contribution >= 4 is 23.3 Å². The van der Waals surface area contributed by atoms with Crippen molar-refractivity contribution < 1.29 is 9.90 Å². The van der Waals surface area contributed by atoms with Gasteiger partial charge < -0.3 is 10.0 Å². The fourth-order valence-corrected chi connectivity index (χ4v) is 1.38. The first-order chi connectivity index (χ1) is 6.54. The van der Waals surface area contributed by atoms with E-state index in [1.165, 1.54) is 0 Å². The number of benzene rings is 1. The van der Waals surface area contributed by atoms with Crippen LogP contribution >= 0.6 is 11.6 Å². The number of nitrogens with zero attached hydrogens (tertiary/aromatic N) is 1. The molecule has 1 atom stereocenters. The first-order valence-electron chi connectivity index (χ1n) is 4.24. The fourth-order valence-electron chi connectivity index (χ4n) is 1.11. The van der Waals surface area contributed by atoms with Gasteiger partial charge in [-0.1, -0.05) is 23.7 Å². The molecule has 0 amide bonds. The molecule has 1 aromatic carbocycles. The summed E-state index contributed by atoms with van der Waals surface area (Å²) >= 11 is 5.93. The maximum absolute atomic E-state index is 10.7. The lowest BCUT2D eigenvalue weighted by Crippen LogP contribution is -2.35. The van der Waals surface area contributed by atoms with Gasteiger partial charge in [-0.05, 0) is 19.1 Å². The Labute approximate surface area is 87.9 Å². The average molecular weight is 214 g/mol. The molecule has 76 valence electrons. The minimum absolute atomic E-state index is 0.558. The van der Waals surface area contributed by atoms with Gasteiger partial charge >= 0.3 is 5.97 Å². The van der Waals surface area contributed by atoms with Crippen LogP contribution in [0.5, 0.6) is 0 Å². The van der Waals surface area contributed by atoms with E-state index in [-0.39, 0.29) is 0 Å². The molecule has 0 spiro atoms. The summed E-state index contributed by atoms with van der Waals surface area (Å²) in [6, 6.07) is 6.58. The molecule has 0 unspecified atom stereocenters. The van der Waals surface area contributed by atoms with Crippen LogP contribution in [0.1, 0.15) is 6.92 Å². The molecule has 0 aliphatic rings. The molecule has 1 rings (SSSR count). The molecule has 4 heteroatoms. The predicted octanol–water partition coefficient (Wildman–Crippen LogP) is 2.25. The molecule has 0 radical (unpaired) electrons. The van der Waals surface area contributed by atoms with Crippen LogP contribution in [0.2, 0.25) is 5.02 Å². The molecule has 0 saturated carbocycles. The Bertz CT molecular complexity index is 341. The van der Waals surface area contributed by atoms with Gasteiger partial charge in [-0.2, -0.15) is 0 Å². The summed E-state index contributed by atoms with van der Waals surface area (Å²) in [5, 5.41) is 9.38. The van der Waals surface area contributed by atoms with Crippen molar-refractivity contribution in [1.29, 1.82) is 0 Å². The third-order valence-electron chi connectivity index (χ3n) is 2.17. The van der Waals surface area contributed by atoms with Crippen molar-refractivity contribution in [1.82, 2.24) is 0 Å². The predicted molar refractivity (Wildman–Crippen MR) is 57.0 cm³/mol. The first kappa shape index (κ1) is 10.9. The van der Waals surface area contributed by atoms with E-state index in [4.69, 9.17) is 16.7 Å². The van der Waals surface area contributed by atoms with Crippen molar-refractivity contribution in [2.75, 3.05) is 11.9 Å². The Balaban J connectivity index is 2.94. The van der Waals surface area contributed by atoms with Crippen molar-refractivity contribution in [3.8, 4) is 0 Å². The number of hydrogen-bond acceptors (Lipinski definition) is 2. The van der Waals surface area contributed by atoms with E-state index >= 15 is 0 Å². The molecule has 1 aromatic rings. The Morgan fingerprint density at radius 1 is 1.50 bits per heavy atom. The SMILES string of the molecule is C[C@@H](C(=O)O)N(C)c1ccccc1Cl. The van der Waals surface area contributed by atoms with Gasteiger partial charge in [0.1, 0.15) is 6.04 Å². The van der Waals surface area contributed by atoms with Crippen molar-refractivity contribution in [3.63, 3.8) is 0 Å². The molecule has 0 aliphatic carbocycles. The van der Waals surface area contributed by atoms with E-state index in [2.05, 4.69) is 0 Å². The number of aliphatic carboxylic acids is 1. The molecule has 0 heterocycles. The molecular formula is C10H12ClNO2. The minimum Gasteiger partial charge on any atom is -0.480 e. The molecule has 14 heavy (non-hydrogen) atoms. The molecule has 0 aliphatic heterocycles. The van der Waals surface area contributed by atoms with Gasteiger partial charge in [0.05, 0.1) is 10.7 Å². The highest BCUT2D eigenvalue weighted by Gasteiger charge is 2.18. The zero-order valence-electron chi connectivity index (χ0n) is 8.07. The fraction of sp³-hybridized carbons (Fsp3) is 0.300. The summed E-state index contributed by atoms with van der Waals surface area (Å²) in [4.78, 5) is 12.4. The topological polar surface area (TPSA) is 40.5 Å². The van der Waals surface area contributed by atoms with Gasteiger partial charge in [0.15, 0.2) is 0 Å². The maximum atomic E-state index is 10.7. The smallest absolute Gasteiger partial charge is 0.326 e. The number of halogens is 1. The maximum Gasteiger partial charge on any atom is 0.326 e. The lowest BCUT2D eigenvalue weighted by atomic mass is 10.2. The Morgan fingerprint density at radius 3 is 2.57 bits per heavy atom. The lowest BCUT2D eigenvalue weighted by molar-refractivity contribution is -0.138. The number of carboxylic acid groups (broad SMARTS) is 1. The van der Waals surface area contributed by atoms with Crippen LogP contribution in [0.3, 0.4) is 0 Å². The summed E-state index contributed by atoms with van der Waals surface area (Å²) in [6.45, 7) is 1.62. The monoisotopic (exact) mass is 213 g/mol. The van der Waals surface area contributed by atoms with Gasteiger partial charge in [-0.15, -0.1) is 0 Å². The average Bonchev–Trinajstić information content (AvgIpc) is 2.16. The Morgan fingerprint density at radius 2 is 2.07 bits per heavy atom. The number of para-hydroxylation sites is 1. The summed E-state index contributed by atoms with van der Waals surface area (Å²) in [5.41, 5.74) is 0.726. The summed E-state index contributed by atoms with van der Waals surface area (Å²) in [7, 11) is 1.71. The molecule has 0 bridgehead atoms. The summed E-state index contributed by atoms with van der Waals surface area (Å²) in [6.07, 6.45) is 0. The molecule has 0 fully saturated rings. The molecule has 3 nitrogen and oxygen atoms in total. The second-order valence-electron chi connectivity index (χ2n) is 3.08. The van der Waals surface area contributed by atoms with Gasteiger partial charge in [0.2, 0.25) is 0 Å². The van der Waals surface area contributed by atoms with Crippen molar-refractivity contribution in [3.05, 3.63) is 29.3 Å². The number of rotatable bonds is 3. The van der Waals surface area contributed by atoms with E-state index in [9.17, 15) is 4.79 Å². The molecule has 0 saturated heterocycles. The quantitative estimate of drug-likeness (QED) is 0.837. The van der Waals surface area contributed by atoms with E-state index in [0.717, 1.165) is 5.69 Å². The third kappa shape index (κ3) is 2.17.